The van der Waals surface area contributed by atoms with Gasteiger partial charge in [0.2, 0.25) is 5.91 Å². The number of thioether (sulfide) groups is 1. The van der Waals surface area contributed by atoms with Crippen molar-refractivity contribution in [2.45, 2.75) is 62.0 Å². The molecule has 4 nitrogen and oxygen atoms in total. The van der Waals surface area contributed by atoms with Crippen molar-refractivity contribution < 1.29 is 4.79 Å². The highest BCUT2D eigenvalue weighted by Gasteiger charge is 2.33. The highest BCUT2D eigenvalue weighted by atomic mass is 32.2. The van der Waals surface area contributed by atoms with Crippen molar-refractivity contribution in [1.82, 2.24) is 15.1 Å². The summed E-state index contributed by atoms with van der Waals surface area (Å²) in [5.74, 6) is 0.528. The summed E-state index contributed by atoms with van der Waals surface area (Å²) in [6, 6.07) is 10.1. The van der Waals surface area contributed by atoms with Crippen molar-refractivity contribution in [3.63, 3.8) is 0 Å². The molecule has 5 heteroatoms. The first-order valence-corrected chi connectivity index (χ1v) is 11.8. The molecule has 0 radical (unpaired) electrons. The number of piperidine rings is 2. The minimum absolute atomic E-state index is 0.215. The van der Waals surface area contributed by atoms with Crippen molar-refractivity contribution in [3.8, 4) is 0 Å². The monoisotopic (exact) mass is 387 g/mol. The van der Waals surface area contributed by atoms with Crippen molar-refractivity contribution >= 4 is 17.7 Å². The molecule has 1 saturated carbocycles. The fourth-order valence-corrected chi connectivity index (χ4v) is 5.05. The first-order chi connectivity index (χ1) is 13.2. The molecule has 1 N–H and O–H groups in total. The number of carbonyl (C=O) groups excluding carboxylic acids is 1. The van der Waals surface area contributed by atoms with E-state index >= 15 is 0 Å². The number of rotatable bonds is 6. The van der Waals surface area contributed by atoms with E-state index in [9.17, 15) is 4.79 Å². The summed E-state index contributed by atoms with van der Waals surface area (Å²) in [6.07, 6.45) is 9.21. The Hall–Kier alpha value is -1.04. The molecular formula is C22H33N3OS. The Morgan fingerprint density at radius 3 is 2.70 bits per heavy atom. The molecule has 2 saturated heterocycles. The number of hydrogen-bond acceptors (Lipinski definition) is 4. The van der Waals surface area contributed by atoms with Crippen LogP contribution in [0.4, 0.5) is 0 Å². The van der Waals surface area contributed by atoms with E-state index in [0.717, 1.165) is 19.5 Å². The lowest BCUT2D eigenvalue weighted by atomic mass is 9.93. The SMILES string of the molecule is CSc1cccc(CN2CCC(N3CCCC(C(=O)NC4CC4)C3)CC2)c1. The topological polar surface area (TPSA) is 35.6 Å². The Kier molecular flexibility index (Phi) is 6.41. The molecule has 0 bridgehead atoms. The van der Waals surface area contributed by atoms with Gasteiger partial charge in [0.1, 0.15) is 0 Å². The number of benzene rings is 1. The molecular weight excluding hydrogens is 354 g/mol. The molecule has 2 heterocycles. The summed E-state index contributed by atoms with van der Waals surface area (Å²) in [4.78, 5) is 19.0. The first kappa shape index (κ1) is 19.3. The molecule has 1 amide bonds. The lowest BCUT2D eigenvalue weighted by Gasteiger charge is -2.42. The summed E-state index contributed by atoms with van der Waals surface area (Å²) in [7, 11) is 0. The molecule has 148 valence electrons. The van der Waals surface area contributed by atoms with E-state index in [1.54, 1.807) is 0 Å². The van der Waals surface area contributed by atoms with Gasteiger partial charge >= 0.3 is 0 Å². The third kappa shape index (κ3) is 5.27. The molecule has 1 unspecified atom stereocenters. The standard InChI is InChI=1S/C22H33N3OS/c1-27-21-6-2-4-17(14-21)15-24-12-9-20(10-13-24)25-11-3-5-18(16-25)22(26)23-19-7-8-19/h2,4,6,14,18-20H,3,5,7-13,15-16H2,1H3,(H,23,26). The van der Waals surface area contributed by atoms with Crippen LogP contribution >= 0.6 is 11.8 Å². The van der Waals surface area contributed by atoms with Crippen molar-refractivity contribution in [1.29, 1.82) is 0 Å². The average molecular weight is 388 g/mol. The molecule has 1 aromatic carbocycles. The van der Waals surface area contributed by atoms with Gasteiger partial charge in [-0.3, -0.25) is 14.6 Å². The van der Waals surface area contributed by atoms with Crippen molar-refractivity contribution in [2.24, 2.45) is 5.92 Å². The van der Waals surface area contributed by atoms with Crippen LogP contribution in [-0.4, -0.2) is 60.2 Å². The Bertz CT molecular complexity index is 640. The van der Waals surface area contributed by atoms with E-state index in [4.69, 9.17) is 0 Å². The maximum atomic E-state index is 12.4. The van der Waals surface area contributed by atoms with Crippen LogP contribution in [0.15, 0.2) is 29.2 Å². The number of amides is 1. The van der Waals surface area contributed by atoms with E-state index in [1.807, 2.05) is 11.8 Å². The van der Waals surface area contributed by atoms with E-state index in [2.05, 4.69) is 45.6 Å². The van der Waals surface area contributed by atoms with Crippen LogP contribution in [0, 0.1) is 5.92 Å². The second kappa shape index (κ2) is 8.97. The molecule has 0 spiro atoms. The quantitative estimate of drug-likeness (QED) is 0.759. The zero-order chi connectivity index (χ0) is 18.6. The molecule has 0 aromatic heterocycles. The van der Waals surface area contributed by atoms with Crippen LogP contribution in [-0.2, 0) is 11.3 Å². The largest absolute Gasteiger partial charge is 0.353 e. The van der Waals surface area contributed by atoms with Crippen molar-refractivity contribution in [2.75, 3.05) is 32.4 Å². The van der Waals surface area contributed by atoms with Gasteiger partial charge in [-0.05, 0) is 82.1 Å². The molecule has 1 aromatic rings. The fraction of sp³-hybridized carbons (Fsp3) is 0.682. The zero-order valence-corrected chi connectivity index (χ0v) is 17.3. The van der Waals surface area contributed by atoms with Crippen LogP contribution in [0.5, 0.6) is 0 Å². The van der Waals surface area contributed by atoms with E-state index in [-0.39, 0.29) is 5.92 Å². The molecule has 1 atom stereocenters. The van der Waals surface area contributed by atoms with Crippen LogP contribution < -0.4 is 5.32 Å². The zero-order valence-electron chi connectivity index (χ0n) is 16.5. The molecule has 4 rings (SSSR count). The predicted molar refractivity (Wildman–Crippen MR) is 112 cm³/mol. The van der Waals surface area contributed by atoms with Gasteiger partial charge in [0.05, 0.1) is 5.92 Å². The van der Waals surface area contributed by atoms with Gasteiger partial charge in [0.15, 0.2) is 0 Å². The van der Waals surface area contributed by atoms with Crippen LogP contribution in [0.25, 0.3) is 0 Å². The maximum Gasteiger partial charge on any atom is 0.224 e. The van der Waals surface area contributed by atoms with Gasteiger partial charge in [0, 0.05) is 30.1 Å². The lowest BCUT2D eigenvalue weighted by Crippen LogP contribution is -2.50. The summed E-state index contributed by atoms with van der Waals surface area (Å²) >= 11 is 1.82. The number of hydrogen-bond donors (Lipinski definition) is 1. The Morgan fingerprint density at radius 2 is 1.96 bits per heavy atom. The fourth-order valence-electron chi connectivity index (χ4n) is 4.57. The average Bonchev–Trinajstić information content (AvgIpc) is 3.53. The first-order valence-electron chi connectivity index (χ1n) is 10.6. The Morgan fingerprint density at radius 1 is 1.15 bits per heavy atom. The molecule has 2 aliphatic heterocycles. The third-order valence-electron chi connectivity index (χ3n) is 6.36. The summed E-state index contributed by atoms with van der Waals surface area (Å²) < 4.78 is 0. The van der Waals surface area contributed by atoms with Gasteiger partial charge in [-0.2, -0.15) is 0 Å². The maximum absolute atomic E-state index is 12.4. The number of nitrogens with one attached hydrogen (secondary N) is 1. The number of likely N-dealkylation sites (tertiary alicyclic amines) is 2. The normalized spacial score (nSPS) is 25.4. The van der Waals surface area contributed by atoms with Crippen LogP contribution in [0.2, 0.25) is 0 Å². The Balaban J connectivity index is 1.25. The van der Waals surface area contributed by atoms with Gasteiger partial charge in [-0.25, -0.2) is 0 Å². The van der Waals surface area contributed by atoms with Crippen molar-refractivity contribution in [3.05, 3.63) is 29.8 Å². The highest BCUT2D eigenvalue weighted by Crippen LogP contribution is 2.26. The molecule has 3 aliphatic rings. The summed E-state index contributed by atoms with van der Waals surface area (Å²) in [5, 5.41) is 3.22. The Labute approximate surface area is 168 Å². The lowest BCUT2D eigenvalue weighted by molar-refractivity contribution is -0.127. The summed E-state index contributed by atoms with van der Waals surface area (Å²) in [5.41, 5.74) is 1.43. The van der Waals surface area contributed by atoms with Gasteiger partial charge in [0.25, 0.3) is 0 Å². The highest BCUT2D eigenvalue weighted by molar-refractivity contribution is 7.98. The molecule has 27 heavy (non-hydrogen) atoms. The molecule has 3 fully saturated rings. The second-order valence-corrected chi connectivity index (χ2v) is 9.36. The van der Waals surface area contributed by atoms with Gasteiger partial charge in [-0.15, -0.1) is 11.8 Å². The van der Waals surface area contributed by atoms with E-state index in [1.165, 1.54) is 62.2 Å². The van der Waals surface area contributed by atoms with Gasteiger partial charge in [-0.1, -0.05) is 12.1 Å². The van der Waals surface area contributed by atoms with Gasteiger partial charge < -0.3 is 5.32 Å². The minimum Gasteiger partial charge on any atom is -0.353 e. The minimum atomic E-state index is 0.215. The van der Waals surface area contributed by atoms with Crippen LogP contribution in [0.1, 0.15) is 44.1 Å². The van der Waals surface area contributed by atoms with E-state index in [0.29, 0.717) is 18.0 Å². The third-order valence-corrected chi connectivity index (χ3v) is 7.09. The second-order valence-electron chi connectivity index (χ2n) is 8.48. The smallest absolute Gasteiger partial charge is 0.224 e. The van der Waals surface area contributed by atoms with Crippen LogP contribution in [0.3, 0.4) is 0 Å². The summed E-state index contributed by atoms with van der Waals surface area (Å²) in [6.45, 7) is 5.55. The predicted octanol–water partition coefficient (Wildman–Crippen LogP) is 3.36. The molecule has 1 aliphatic carbocycles. The number of nitrogens with zero attached hydrogens (tertiary/aromatic N) is 2. The number of carbonyl (C=O) groups is 1. The van der Waals surface area contributed by atoms with E-state index < -0.39 is 0 Å².